The first kappa shape index (κ1) is 39.9. The van der Waals surface area contributed by atoms with Crippen LogP contribution in [0.1, 0.15) is 12.6 Å². The Hall–Kier alpha value is -0.100. The smallest absolute Gasteiger partial charge is 0.390 e. The molecule has 1 aromatic rings. The van der Waals surface area contributed by atoms with E-state index in [2.05, 4.69) is 37.7 Å². The van der Waals surface area contributed by atoms with E-state index < -0.39 is 83.2 Å². The fraction of sp³-hybridized carbons (Fsp3) is 0.556. The minimum Gasteiger partial charge on any atom is -0.390 e. The van der Waals surface area contributed by atoms with Gasteiger partial charge in [0.2, 0.25) is 0 Å². The average Bonchev–Trinajstić information content (AvgIpc) is 3.03. The number of hydrogen-bond acceptors (Lipinski definition) is 15. The predicted molar refractivity (Wildman–Crippen MR) is 129 cm³/mol. The lowest BCUT2D eigenvalue weighted by atomic mass is 10.2. The van der Waals surface area contributed by atoms with Crippen LogP contribution >= 0.6 is 62.9 Å². The van der Waals surface area contributed by atoms with Crippen molar-refractivity contribution in [2.24, 2.45) is 0 Å². The molecule has 33 heteroatoms. The van der Waals surface area contributed by atoms with Crippen LogP contribution < -0.4 is 11.2 Å². The third-order valence-corrected chi connectivity index (χ3v) is 11.4. The summed E-state index contributed by atoms with van der Waals surface area (Å²) in [5.74, 6) is 0. The minimum absolute atomic E-state index is 0.00750. The van der Waals surface area contributed by atoms with Crippen molar-refractivity contribution in [3.63, 3.8) is 0 Å². The number of halogens is 1. The van der Waals surface area contributed by atoms with E-state index in [0.29, 0.717) is 0 Å². The molecule has 0 saturated carbocycles. The summed E-state index contributed by atoms with van der Waals surface area (Å²) in [4.78, 5) is 101. The minimum atomic E-state index is -5.68. The molecule has 11 N–H and O–H groups in total. The number of aromatic nitrogens is 2. The van der Waals surface area contributed by atoms with Crippen molar-refractivity contribution < 1.29 is 103 Å². The van der Waals surface area contributed by atoms with E-state index in [1.54, 1.807) is 0 Å². The maximum absolute atomic E-state index is 11.8. The van der Waals surface area contributed by atoms with Crippen molar-refractivity contribution in [2.45, 2.75) is 24.9 Å². The number of aliphatic hydroxyl groups is 1. The van der Waals surface area contributed by atoms with Gasteiger partial charge >= 0.3 is 52.6 Å². The monoisotopic (exact) mass is 804 g/mol. The van der Waals surface area contributed by atoms with Gasteiger partial charge in [-0.05, 0) is 15.9 Å². The van der Waals surface area contributed by atoms with Crippen molar-refractivity contribution in [1.82, 2.24) is 9.55 Å². The number of phosphoric acid groups is 6. The highest BCUT2D eigenvalue weighted by Gasteiger charge is 2.43. The Bertz CT molecular complexity index is 1490. The fourth-order valence-electron chi connectivity index (χ4n) is 2.47. The molecule has 1 aliphatic heterocycles. The largest absolute Gasteiger partial charge is 0.490 e. The predicted octanol–water partition coefficient (Wildman–Crippen LogP) is -1.40. The van der Waals surface area contributed by atoms with Crippen LogP contribution in [0.2, 0.25) is 0 Å². The second kappa shape index (κ2) is 14.5. The summed E-state index contributed by atoms with van der Waals surface area (Å²) in [6.45, 7) is -0.888. The van der Waals surface area contributed by atoms with Gasteiger partial charge in [-0.1, -0.05) is 0 Å². The molecule has 5 atom stereocenters. The van der Waals surface area contributed by atoms with Gasteiger partial charge in [-0.25, -0.2) is 32.2 Å². The normalized spacial score (nSPS) is 23.0. The Kier molecular flexibility index (Phi) is 13.8. The van der Waals surface area contributed by atoms with Crippen LogP contribution in [0.3, 0.4) is 0 Å². The first-order valence-electron chi connectivity index (χ1n) is 9.49. The van der Waals surface area contributed by atoms with Gasteiger partial charge in [0.05, 0.1) is 17.2 Å². The third kappa shape index (κ3) is 15.8. The van der Waals surface area contributed by atoms with Crippen molar-refractivity contribution >= 4 is 62.9 Å². The first-order valence-corrected chi connectivity index (χ1v) is 19.4. The fourth-order valence-corrected chi connectivity index (χ4v) is 8.35. The van der Waals surface area contributed by atoms with Gasteiger partial charge in [0, 0.05) is 12.6 Å². The molecule has 2 rings (SSSR count). The highest BCUT2D eigenvalue weighted by molar-refractivity contribution is 9.10. The molecule has 2 unspecified atom stereocenters. The van der Waals surface area contributed by atoms with Gasteiger partial charge in [-0.15, -0.1) is 0 Å². The van der Waals surface area contributed by atoms with E-state index in [1.165, 1.54) is 0 Å². The van der Waals surface area contributed by atoms with Crippen molar-refractivity contribution in [3.05, 3.63) is 31.5 Å². The number of rotatable bonds is 12. The molecule has 0 spiro atoms. The van der Waals surface area contributed by atoms with Gasteiger partial charge in [0.15, 0.2) is 0 Å². The van der Waals surface area contributed by atoms with Gasteiger partial charge in [-0.2, -0.15) is 17.2 Å². The van der Waals surface area contributed by atoms with Crippen LogP contribution in [-0.4, -0.2) is 77.5 Å². The zero-order valence-electron chi connectivity index (χ0n) is 19.4. The molecule has 0 aliphatic carbocycles. The number of phosphoric ester groups is 1. The molecular formula is C9H19BrN2O24P6. The SMILES string of the molecule is O=P(O)(O)OP(=O)(O)OP(=O)(O)O.O=c1[nH]c(=O)n([C@H]2C[C@H](O)[C@@H](COP(=O)(O)OP(=O)(O)OP(=O)(O)O)O2)cc1Br. The summed E-state index contributed by atoms with van der Waals surface area (Å²) in [5.41, 5.74) is -1.56. The summed E-state index contributed by atoms with van der Waals surface area (Å²) in [5, 5.41) is 9.97. The van der Waals surface area contributed by atoms with Gasteiger partial charge in [0.25, 0.3) is 5.56 Å². The van der Waals surface area contributed by atoms with E-state index in [9.17, 15) is 47.0 Å². The number of aromatic amines is 1. The number of H-pyrrole nitrogens is 1. The number of ether oxygens (including phenoxy) is 1. The Labute approximate surface area is 238 Å². The van der Waals surface area contributed by atoms with Crippen LogP contribution in [0.4, 0.5) is 0 Å². The quantitative estimate of drug-likeness (QED) is 0.108. The van der Waals surface area contributed by atoms with E-state index in [-0.39, 0.29) is 10.9 Å². The first-order chi connectivity index (χ1) is 18.5. The van der Waals surface area contributed by atoms with E-state index in [4.69, 9.17) is 43.9 Å². The molecule has 42 heavy (non-hydrogen) atoms. The Balaban J connectivity index is 0.000000572. The van der Waals surface area contributed by atoms with Gasteiger partial charge < -0.3 is 53.9 Å². The van der Waals surface area contributed by atoms with Crippen LogP contribution in [-0.2, 0) is 53.9 Å². The molecule has 0 radical (unpaired) electrons. The van der Waals surface area contributed by atoms with Gasteiger partial charge in [-0.3, -0.25) is 18.9 Å². The van der Waals surface area contributed by atoms with E-state index >= 15 is 0 Å². The van der Waals surface area contributed by atoms with E-state index in [1.807, 2.05) is 4.98 Å². The zero-order valence-corrected chi connectivity index (χ0v) is 26.4. The Morgan fingerprint density at radius 2 is 1.24 bits per heavy atom. The number of aliphatic hydroxyl groups excluding tert-OH is 1. The highest BCUT2D eigenvalue weighted by atomic mass is 79.9. The summed E-state index contributed by atoms with van der Waals surface area (Å²) in [6, 6.07) is 0. The third-order valence-electron chi connectivity index (χ3n) is 3.68. The molecule has 246 valence electrons. The topological polar surface area (TPSA) is 415 Å². The molecule has 1 aromatic heterocycles. The molecule has 2 heterocycles. The number of nitrogens with zero attached hydrogens (tertiary/aromatic N) is 1. The maximum Gasteiger partial charge on any atom is 0.490 e. The summed E-state index contributed by atoms with van der Waals surface area (Å²) < 4.78 is 87.5. The molecule has 1 aliphatic rings. The van der Waals surface area contributed by atoms with E-state index in [0.717, 1.165) is 10.8 Å². The lowest BCUT2D eigenvalue weighted by Gasteiger charge is -2.19. The summed E-state index contributed by atoms with van der Waals surface area (Å²) in [6.07, 6.45) is -2.83. The lowest BCUT2D eigenvalue weighted by molar-refractivity contribution is -0.0450. The molecule has 26 nitrogen and oxygen atoms in total. The summed E-state index contributed by atoms with van der Waals surface area (Å²) in [7, 11) is -32.8. The number of nitrogens with one attached hydrogen (secondary N) is 1. The van der Waals surface area contributed by atoms with Crippen LogP contribution in [0.25, 0.3) is 0 Å². The molecule has 1 fully saturated rings. The zero-order chi connectivity index (χ0) is 33.1. The molecule has 0 amide bonds. The molecule has 0 bridgehead atoms. The molecular weight excluding hydrogens is 786 g/mol. The second-order valence-corrected chi connectivity index (χ2v) is 16.6. The standard InChI is InChI=1S/C9H14BrN2O14P3.H5O10P3/c10-4-2-12(9(15)11-8(4)14)7-1-5(13)6(24-7)3-23-28(19,20)26-29(21,22)25-27(16,17)18;1-11(2,3)9-13(7,8)10-12(4,5)6/h2,5-7,13H,1,3H2,(H,19,20)(H,21,22)(H,11,14,15)(H2,16,17,18);(H,7,8)(H2,1,2,3)(H2,4,5,6)/t5-,6+,7+;/m0./s1. The van der Waals surface area contributed by atoms with Crippen LogP contribution in [0.15, 0.2) is 20.3 Å². The maximum atomic E-state index is 11.8. The van der Waals surface area contributed by atoms with Gasteiger partial charge in [0.1, 0.15) is 12.3 Å². The van der Waals surface area contributed by atoms with Crippen molar-refractivity contribution in [3.8, 4) is 0 Å². The van der Waals surface area contributed by atoms with Crippen LogP contribution in [0, 0.1) is 0 Å². The lowest BCUT2D eigenvalue weighted by Crippen LogP contribution is -2.32. The Morgan fingerprint density at radius 3 is 1.67 bits per heavy atom. The average molecular weight is 805 g/mol. The number of hydrogen-bond donors (Lipinski definition) is 11. The van der Waals surface area contributed by atoms with Crippen molar-refractivity contribution in [2.75, 3.05) is 6.61 Å². The van der Waals surface area contributed by atoms with Crippen molar-refractivity contribution in [1.29, 1.82) is 0 Å². The second-order valence-electron chi connectivity index (χ2n) is 7.08. The summed E-state index contributed by atoms with van der Waals surface area (Å²) >= 11 is 2.91. The van der Waals surface area contributed by atoms with Crippen LogP contribution in [0.5, 0.6) is 0 Å². The Morgan fingerprint density at radius 1 is 0.810 bits per heavy atom. The highest BCUT2D eigenvalue weighted by Crippen LogP contribution is 2.66. The molecule has 0 aromatic carbocycles. The molecule has 1 saturated heterocycles.